The number of carbonyl (C=O) groups is 2. The first-order valence-electron chi connectivity index (χ1n) is 7.67. The van der Waals surface area contributed by atoms with Crippen LogP contribution in [0.5, 0.6) is 5.75 Å². The van der Waals surface area contributed by atoms with Crippen LogP contribution in [-0.4, -0.2) is 31.6 Å². The van der Waals surface area contributed by atoms with E-state index in [1.807, 2.05) is 24.3 Å². The van der Waals surface area contributed by atoms with Crippen LogP contribution in [0.3, 0.4) is 0 Å². The SMILES string of the molecule is C[C@@H](OC(=O)COc1ccccc1C#N)C(=O)N(C)c1ccccc1. The molecule has 0 aromatic heterocycles. The molecular formula is C19H18N2O4. The molecule has 0 fully saturated rings. The molecule has 0 saturated heterocycles. The zero-order valence-electron chi connectivity index (χ0n) is 14.0. The van der Waals surface area contributed by atoms with Gasteiger partial charge in [0.25, 0.3) is 5.91 Å². The molecule has 0 N–H and O–H groups in total. The predicted octanol–water partition coefficient (Wildman–Crippen LogP) is 2.53. The maximum absolute atomic E-state index is 12.3. The quantitative estimate of drug-likeness (QED) is 0.756. The molecule has 0 unspecified atom stereocenters. The van der Waals surface area contributed by atoms with Gasteiger partial charge in [0.2, 0.25) is 0 Å². The third kappa shape index (κ3) is 4.82. The van der Waals surface area contributed by atoms with Crippen molar-refractivity contribution < 1.29 is 19.1 Å². The van der Waals surface area contributed by atoms with E-state index in [0.29, 0.717) is 17.0 Å². The highest BCUT2D eigenvalue weighted by molar-refractivity contribution is 5.96. The van der Waals surface area contributed by atoms with E-state index >= 15 is 0 Å². The van der Waals surface area contributed by atoms with Gasteiger partial charge in [-0.2, -0.15) is 5.26 Å². The lowest BCUT2D eigenvalue weighted by Crippen LogP contribution is -2.38. The molecule has 128 valence electrons. The van der Waals surface area contributed by atoms with E-state index in [4.69, 9.17) is 14.7 Å². The second-order valence-corrected chi connectivity index (χ2v) is 5.26. The van der Waals surface area contributed by atoms with Crippen molar-refractivity contribution in [3.05, 3.63) is 60.2 Å². The normalized spacial score (nSPS) is 11.1. The molecule has 25 heavy (non-hydrogen) atoms. The summed E-state index contributed by atoms with van der Waals surface area (Å²) in [5, 5.41) is 8.97. The number of anilines is 1. The second kappa shape index (κ2) is 8.50. The van der Waals surface area contributed by atoms with Crippen LogP contribution in [0.1, 0.15) is 12.5 Å². The average Bonchev–Trinajstić information content (AvgIpc) is 2.66. The fourth-order valence-corrected chi connectivity index (χ4v) is 2.15. The number of carbonyl (C=O) groups excluding carboxylic acids is 2. The van der Waals surface area contributed by atoms with Gasteiger partial charge in [0.05, 0.1) is 5.56 Å². The monoisotopic (exact) mass is 338 g/mol. The number of esters is 1. The maximum atomic E-state index is 12.3. The highest BCUT2D eigenvalue weighted by Gasteiger charge is 2.22. The first kappa shape index (κ1) is 18.0. The van der Waals surface area contributed by atoms with E-state index in [2.05, 4.69) is 0 Å². The molecule has 2 rings (SSSR count). The minimum Gasteiger partial charge on any atom is -0.481 e. The van der Waals surface area contributed by atoms with Crippen molar-refractivity contribution in [2.24, 2.45) is 0 Å². The van der Waals surface area contributed by atoms with Crippen LogP contribution in [0.25, 0.3) is 0 Å². The van der Waals surface area contributed by atoms with E-state index in [9.17, 15) is 9.59 Å². The van der Waals surface area contributed by atoms with Gasteiger partial charge in [-0.05, 0) is 31.2 Å². The molecule has 0 aliphatic carbocycles. The summed E-state index contributed by atoms with van der Waals surface area (Å²) in [7, 11) is 1.61. The Morgan fingerprint density at radius 1 is 1.12 bits per heavy atom. The molecule has 1 amide bonds. The minimum atomic E-state index is -0.951. The van der Waals surface area contributed by atoms with Gasteiger partial charge in [-0.15, -0.1) is 0 Å². The Morgan fingerprint density at radius 2 is 1.76 bits per heavy atom. The molecule has 0 aliphatic heterocycles. The van der Waals surface area contributed by atoms with Gasteiger partial charge in [0.1, 0.15) is 11.8 Å². The Labute approximate surface area is 146 Å². The third-order valence-corrected chi connectivity index (χ3v) is 3.48. The first-order chi connectivity index (χ1) is 12.0. The number of nitrogens with zero attached hydrogens (tertiary/aromatic N) is 2. The maximum Gasteiger partial charge on any atom is 0.344 e. The van der Waals surface area contributed by atoms with Gasteiger partial charge < -0.3 is 14.4 Å². The fraction of sp³-hybridized carbons (Fsp3) is 0.211. The van der Waals surface area contributed by atoms with Crippen LogP contribution < -0.4 is 9.64 Å². The minimum absolute atomic E-state index is 0.294. The highest BCUT2D eigenvalue weighted by Crippen LogP contribution is 2.17. The molecule has 0 radical (unpaired) electrons. The van der Waals surface area contributed by atoms with Crippen molar-refractivity contribution in [3.8, 4) is 11.8 Å². The lowest BCUT2D eigenvalue weighted by molar-refractivity contribution is -0.155. The number of para-hydroxylation sites is 2. The number of hydrogen-bond donors (Lipinski definition) is 0. The van der Waals surface area contributed by atoms with Gasteiger partial charge in [0, 0.05) is 12.7 Å². The Balaban J connectivity index is 1.89. The van der Waals surface area contributed by atoms with Crippen LogP contribution >= 0.6 is 0 Å². The molecule has 2 aromatic rings. The summed E-state index contributed by atoms with van der Waals surface area (Å²) in [5.41, 5.74) is 1.03. The smallest absolute Gasteiger partial charge is 0.344 e. The lowest BCUT2D eigenvalue weighted by Gasteiger charge is -2.21. The summed E-state index contributed by atoms with van der Waals surface area (Å²) in [6.45, 7) is 1.12. The number of ether oxygens (including phenoxy) is 2. The summed E-state index contributed by atoms with van der Waals surface area (Å²) in [6.07, 6.45) is -0.951. The Hall–Kier alpha value is -3.33. The highest BCUT2D eigenvalue weighted by atomic mass is 16.6. The average molecular weight is 338 g/mol. The summed E-state index contributed by atoms with van der Waals surface area (Å²) in [4.78, 5) is 25.6. The van der Waals surface area contributed by atoms with Gasteiger partial charge in [-0.25, -0.2) is 4.79 Å². The molecule has 0 heterocycles. The lowest BCUT2D eigenvalue weighted by atomic mass is 10.2. The van der Waals surface area contributed by atoms with Crippen molar-refractivity contribution in [1.29, 1.82) is 5.26 Å². The van der Waals surface area contributed by atoms with Crippen molar-refractivity contribution >= 4 is 17.6 Å². The van der Waals surface area contributed by atoms with Crippen molar-refractivity contribution in [1.82, 2.24) is 0 Å². The number of amides is 1. The Kier molecular flexibility index (Phi) is 6.13. The van der Waals surface area contributed by atoms with Crippen molar-refractivity contribution in [2.45, 2.75) is 13.0 Å². The van der Waals surface area contributed by atoms with E-state index in [-0.39, 0.29) is 12.5 Å². The largest absolute Gasteiger partial charge is 0.481 e. The fourth-order valence-electron chi connectivity index (χ4n) is 2.15. The first-order valence-corrected chi connectivity index (χ1v) is 7.67. The van der Waals surface area contributed by atoms with Crippen LogP contribution in [0, 0.1) is 11.3 Å². The van der Waals surface area contributed by atoms with Gasteiger partial charge in [0.15, 0.2) is 12.7 Å². The topological polar surface area (TPSA) is 79.6 Å². The number of hydrogen-bond acceptors (Lipinski definition) is 5. The number of benzene rings is 2. The Morgan fingerprint density at radius 3 is 2.44 bits per heavy atom. The van der Waals surface area contributed by atoms with Crippen LogP contribution in [0.2, 0.25) is 0 Å². The Bertz CT molecular complexity index is 784. The second-order valence-electron chi connectivity index (χ2n) is 5.26. The van der Waals surface area contributed by atoms with Gasteiger partial charge in [-0.1, -0.05) is 30.3 Å². The summed E-state index contributed by atoms with van der Waals surface area (Å²) < 4.78 is 10.4. The predicted molar refractivity (Wildman–Crippen MR) is 92.1 cm³/mol. The van der Waals surface area contributed by atoms with Crippen molar-refractivity contribution in [2.75, 3.05) is 18.6 Å². The number of rotatable bonds is 6. The standard InChI is InChI=1S/C19H18N2O4/c1-14(19(23)21(2)16-9-4-3-5-10-16)25-18(22)13-24-17-11-7-6-8-15(17)12-20/h3-11,14H,13H2,1-2H3/t14-/m1/s1. The van der Waals surface area contributed by atoms with Gasteiger partial charge in [-0.3, -0.25) is 4.79 Å². The van der Waals surface area contributed by atoms with Crippen molar-refractivity contribution in [3.63, 3.8) is 0 Å². The van der Waals surface area contributed by atoms with Crippen LogP contribution in [0.4, 0.5) is 5.69 Å². The molecule has 0 bridgehead atoms. The van der Waals surface area contributed by atoms with Crippen LogP contribution in [0.15, 0.2) is 54.6 Å². The molecule has 2 aromatic carbocycles. The van der Waals surface area contributed by atoms with E-state index in [0.717, 1.165) is 0 Å². The molecule has 0 saturated carbocycles. The van der Waals surface area contributed by atoms with E-state index < -0.39 is 12.1 Å². The number of nitriles is 1. The summed E-state index contributed by atoms with van der Waals surface area (Å²) in [6, 6.07) is 17.6. The molecule has 6 heteroatoms. The zero-order valence-corrected chi connectivity index (χ0v) is 14.0. The van der Waals surface area contributed by atoms with E-state index in [1.165, 1.54) is 11.8 Å². The third-order valence-electron chi connectivity index (χ3n) is 3.48. The summed E-state index contributed by atoms with van der Waals surface area (Å²) >= 11 is 0. The molecular weight excluding hydrogens is 320 g/mol. The van der Waals surface area contributed by atoms with Gasteiger partial charge >= 0.3 is 5.97 Å². The molecule has 0 spiro atoms. The number of likely N-dealkylation sites (N-methyl/N-ethyl adjacent to an activating group) is 1. The molecule has 6 nitrogen and oxygen atoms in total. The summed E-state index contributed by atoms with van der Waals surface area (Å²) in [5.74, 6) is -0.741. The zero-order chi connectivity index (χ0) is 18.2. The molecule has 0 aliphatic rings. The van der Waals surface area contributed by atoms with Crippen LogP contribution in [-0.2, 0) is 14.3 Å². The van der Waals surface area contributed by atoms with E-state index in [1.54, 1.807) is 43.4 Å². The molecule has 1 atom stereocenters.